The van der Waals surface area contributed by atoms with Crippen LogP contribution in [0.4, 0.5) is 11.5 Å². The number of amides is 1. The smallest absolute Gasteiger partial charge is 0.330 e. The summed E-state index contributed by atoms with van der Waals surface area (Å²) < 4.78 is 4.66. The fourth-order valence-electron chi connectivity index (χ4n) is 4.53. The first kappa shape index (κ1) is 27.0. The zero-order chi connectivity index (χ0) is 26.2. The molecular formula is C26H38N6O4. The lowest BCUT2D eigenvalue weighted by Crippen LogP contribution is -2.42. The number of para-hydroxylation sites is 2. The summed E-state index contributed by atoms with van der Waals surface area (Å²) in [6.07, 6.45) is 4.89. The molecule has 1 aromatic carbocycles. The number of carbonyl (C=O) groups excluding carboxylic acids is 1. The Labute approximate surface area is 210 Å². The largest absolute Gasteiger partial charge is 0.383 e. The molecule has 3 N–H and O–H groups in total. The summed E-state index contributed by atoms with van der Waals surface area (Å²) in [5.74, 6) is -0.318. The number of imidazole rings is 1. The van der Waals surface area contributed by atoms with Gasteiger partial charge in [-0.3, -0.25) is 28.3 Å². The summed E-state index contributed by atoms with van der Waals surface area (Å²) in [6.45, 7) is 7.48. The van der Waals surface area contributed by atoms with Crippen LogP contribution in [0.2, 0.25) is 0 Å². The van der Waals surface area contributed by atoms with Gasteiger partial charge in [-0.1, -0.05) is 52.2 Å². The van der Waals surface area contributed by atoms with Crippen LogP contribution in [0.25, 0.3) is 11.0 Å². The maximum absolute atomic E-state index is 13.5. The number of aromatic amines is 1. The Hall–Kier alpha value is -3.56. The number of unbranched alkanes of at least 4 members (excludes halogenated alkanes) is 3. The number of aryl methyl sites for hydroxylation is 2. The molecule has 0 aliphatic rings. The van der Waals surface area contributed by atoms with Gasteiger partial charge in [-0.15, -0.1) is 0 Å². The van der Waals surface area contributed by atoms with E-state index >= 15 is 0 Å². The molecule has 0 bridgehead atoms. The van der Waals surface area contributed by atoms with Crippen molar-refractivity contribution in [3.63, 3.8) is 0 Å². The first-order chi connectivity index (χ1) is 17.3. The predicted molar refractivity (Wildman–Crippen MR) is 144 cm³/mol. The molecular weight excluding hydrogens is 460 g/mol. The summed E-state index contributed by atoms with van der Waals surface area (Å²) in [4.78, 5) is 55.6. The molecule has 0 aliphatic heterocycles. The van der Waals surface area contributed by atoms with Gasteiger partial charge in [0.1, 0.15) is 5.82 Å². The molecule has 3 aromatic rings. The Bertz CT molecular complexity index is 1360. The van der Waals surface area contributed by atoms with Crippen molar-refractivity contribution in [2.75, 3.05) is 17.2 Å². The van der Waals surface area contributed by atoms with E-state index in [1.165, 1.54) is 9.47 Å². The molecule has 0 atom stereocenters. The third-order valence-electron chi connectivity index (χ3n) is 6.43. The average Bonchev–Trinajstić information content (AvgIpc) is 3.12. The van der Waals surface area contributed by atoms with Crippen molar-refractivity contribution < 1.29 is 4.79 Å². The summed E-state index contributed by atoms with van der Waals surface area (Å²) in [7, 11) is 0. The van der Waals surface area contributed by atoms with Crippen molar-refractivity contribution >= 4 is 28.4 Å². The summed E-state index contributed by atoms with van der Waals surface area (Å²) >= 11 is 0. The van der Waals surface area contributed by atoms with Gasteiger partial charge < -0.3 is 10.6 Å². The third-order valence-corrected chi connectivity index (χ3v) is 6.43. The molecule has 0 radical (unpaired) electrons. The minimum absolute atomic E-state index is 0.00114. The molecule has 1 amide bonds. The van der Waals surface area contributed by atoms with Gasteiger partial charge >= 0.3 is 11.4 Å². The van der Waals surface area contributed by atoms with Gasteiger partial charge in [-0.05, 0) is 31.4 Å². The van der Waals surface area contributed by atoms with Crippen molar-refractivity contribution in [2.45, 2.75) is 85.4 Å². The van der Waals surface area contributed by atoms with Crippen LogP contribution in [-0.4, -0.2) is 31.1 Å². The summed E-state index contributed by atoms with van der Waals surface area (Å²) in [5, 5.41) is 0. The van der Waals surface area contributed by atoms with Crippen LogP contribution >= 0.6 is 0 Å². The quantitative estimate of drug-likeness (QED) is 0.350. The minimum atomic E-state index is -0.674. The van der Waals surface area contributed by atoms with Gasteiger partial charge in [0.05, 0.1) is 11.0 Å². The van der Waals surface area contributed by atoms with Crippen LogP contribution in [-0.2, 0) is 24.4 Å². The fourth-order valence-corrected chi connectivity index (χ4v) is 4.53. The normalized spacial score (nSPS) is 11.3. The number of rotatable bonds is 13. The van der Waals surface area contributed by atoms with E-state index in [1.54, 1.807) is 9.13 Å². The van der Waals surface area contributed by atoms with E-state index in [4.69, 9.17) is 5.73 Å². The highest BCUT2D eigenvalue weighted by molar-refractivity contribution is 5.95. The Morgan fingerprint density at radius 1 is 0.861 bits per heavy atom. The number of nitrogens with one attached hydrogen (secondary N) is 1. The topological polar surface area (TPSA) is 128 Å². The van der Waals surface area contributed by atoms with Crippen molar-refractivity contribution in [3.05, 3.63) is 55.6 Å². The molecule has 0 spiro atoms. The summed E-state index contributed by atoms with van der Waals surface area (Å²) in [5.41, 5.74) is 6.50. The molecule has 2 heterocycles. The summed E-state index contributed by atoms with van der Waals surface area (Å²) in [6, 6.07) is 7.54. The Morgan fingerprint density at radius 3 is 2.11 bits per heavy atom. The Balaban J connectivity index is 1.96. The number of carbonyl (C=O) groups is 1. The molecule has 2 aromatic heterocycles. The van der Waals surface area contributed by atoms with Crippen molar-refractivity contribution in [1.82, 2.24) is 18.7 Å². The van der Waals surface area contributed by atoms with Gasteiger partial charge in [-0.25, -0.2) is 9.59 Å². The number of hydrogen-bond acceptors (Lipinski definition) is 5. The maximum Gasteiger partial charge on any atom is 0.330 e. The van der Waals surface area contributed by atoms with Gasteiger partial charge in [0, 0.05) is 32.6 Å². The molecule has 0 saturated heterocycles. The lowest BCUT2D eigenvalue weighted by molar-refractivity contribution is -0.118. The van der Waals surface area contributed by atoms with Crippen LogP contribution in [0.1, 0.15) is 65.7 Å². The zero-order valence-corrected chi connectivity index (χ0v) is 21.6. The number of nitrogens with zero attached hydrogens (tertiary/aromatic N) is 4. The first-order valence-corrected chi connectivity index (χ1v) is 13.0. The number of fused-ring (bicyclic) bond motifs is 1. The number of nitrogen functional groups attached to an aromatic ring is 1. The highest BCUT2D eigenvalue weighted by atomic mass is 16.2. The number of aromatic nitrogens is 4. The van der Waals surface area contributed by atoms with Gasteiger partial charge in [0.2, 0.25) is 5.91 Å². The second-order valence-electron chi connectivity index (χ2n) is 9.08. The van der Waals surface area contributed by atoms with Crippen LogP contribution in [0.5, 0.6) is 0 Å². The lowest BCUT2D eigenvalue weighted by Gasteiger charge is -2.24. The van der Waals surface area contributed by atoms with Crippen molar-refractivity contribution in [3.8, 4) is 0 Å². The highest BCUT2D eigenvalue weighted by Crippen LogP contribution is 2.20. The van der Waals surface area contributed by atoms with E-state index in [9.17, 15) is 19.2 Å². The standard InChI is InChI=1S/C26H38N6O4/c1-4-7-11-17-31(22-23(27)32(16-8-5-2)25(35)28-24(22)34)21(33)14-18-30-20-13-10-9-12-19(20)29(15-6-3)26(30)36/h9-10,12-13H,4-8,11,14-18,27H2,1-3H3,(H,28,34,35). The van der Waals surface area contributed by atoms with E-state index in [0.29, 0.717) is 32.5 Å². The molecule has 3 rings (SSSR count). The first-order valence-electron chi connectivity index (χ1n) is 13.0. The highest BCUT2D eigenvalue weighted by Gasteiger charge is 2.24. The van der Waals surface area contributed by atoms with E-state index in [-0.39, 0.29) is 36.1 Å². The molecule has 36 heavy (non-hydrogen) atoms. The number of hydrogen-bond donors (Lipinski definition) is 2. The van der Waals surface area contributed by atoms with Crippen molar-refractivity contribution in [2.24, 2.45) is 0 Å². The lowest BCUT2D eigenvalue weighted by atomic mass is 10.2. The average molecular weight is 499 g/mol. The van der Waals surface area contributed by atoms with E-state index in [1.807, 2.05) is 38.1 Å². The fraction of sp³-hybridized carbons (Fsp3) is 0.538. The van der Waals surface area contributed by atoms with Gasteiger partial charge in [-0.2, -0.15) is 0 Å². The van der Waals surface area contributed by atoms with Gasteiger partial charge in [0.15, 0.2) is 5.69 Å². The van der Waals surface area contributed by atoms with E-state index in [2.05, 4.69) is 11.9 Å². The predicted octanol–water partition coefficient (Wildman–Crippen LogP) is 3.06. The number of anilines is 2. The van der Waals surface area contributed by atoms with Gasteiger partial charge in [0.25, 0.3) is 5.56 Å². The van der Waals surface area contributed by atoms with Crippen LogP contribution in [0.3, 0.4) is 0 Å². The number of H-pyrrole nitrogens is 1. The molecule has 0 unspecified atom stereocenters. The number of benzene rings is 1. The molecule has 0 saturated carbocycles. The second-order valence-corrected chi connectivity index (χ2v) is 9.08. The molecule has 196 valence electrons. The van der Waals surface area contributed by atoms with Crippen LogP contribution in [0.15, 0.2) is 38.6 Å². The molecule has 0 aliphatic carbocycles. The minimum Gasteiger partial charge on any atom is -0.383 e. The zero-order valence-electron chi connectivity index (χ0n) is 21.6. The second kappa shape index (κ2) is 12.4. The Kier molecular flexibility index (Phi) is 9.32. The van der Waals surface area contributed by atoms with Crippen LogP contribution in [0, 0.1) is 0 Å². The number of nitrogens with two attached hydrogens (primary N) is 1. The monoisotopic (exact) mass is 498 g/mol. The Morgan fingerprint density at radius 2 is 1.50 bits per heavy atom. The third kappa shape index (κ3) is 5.63. The molecule has 10 heteroatoms. The van der Waals surface area contributed by atoms with Crippen molar-refractivity contribution in [1.29, 1.82) is 0 Å². The SMILES string of the molecule is CCCCCN(C(=O)CCn1c(=O)n(CCC)c2ccccc21)c1c(N)n(CCCC)c(=O)[nH]c1=O. The van der Waals surface area contributed by atoms with E-state index < -0.39 is 11.2 Å². The molecule has 0 fully saturated rings. The van der Waals surface area contributed by atoms with E-state index in [0.717, 1.165) is 36.7 Å². The maximum atomic E-state index is 13.5. The molecule has 10 nitrogen and oxygen atoms in total. The van der Waals surface area contributed by atoms with Crippen LogP contribution < -0.4 is 27.6 Å².